The summed E-state index contributed by atoms with van der Waals surface area (Å²) < 4.78 is 26.7. The van der Waals surface area contributed by atoms with Crippen molar-refractivity contribution >= 4 is 17.2 Å². The Morgan fingerprint density at radius 1 is 1.12 bits per heavy atom. The van der Waals surface area contributed by atoms with E-state index in [1.165, 1.54) is 11.3 Å². The maximum atomic E-state index is 13.5. The van der Waals surface area contributed by atoms with Crippen LogP contribution < -0.4 is 5.32 Å². The molecule has 0 atom stereocenters. The Kier molecular flexibility index (Phi) is 4.96. The number of thiazole rings is 1. The lowest BCUT2D eigenvalue weighted by Crippen LogP contribution is -2.23. The van der Waals surface area contributed by atoms with E-state index < -0.39 is 17.5 Å². The van der Waals surface area contributed by atoms with Crippen LogP contribution in [0.4, 0.5) is 8.78 Å². The fourth-order valence-corrected chi connectivity index (χ4v) is 3.02. The van der Waals surface area contributed by atoms with E-state index in [9.17, 15) is 13.6 Å². The molecule has 1 amide bonds. The summed E-state index contributed by atoms with van der Waals surface area (Å²) in [6.45, 7) is -0.0893. The molecule has 1 aromatic heterocycles. The van der Waals surface area contributed by atoms with E-state index in [4.69, 9.17) is 0 Å². The fourth-order valence-electron chi connectivity index (χ4n) is 2.21. The summed E-state index contributed by atoms with van der Waals surface area (Å²) in [4.78, 5) is 16.4. The predicted octanol–water partition coefficient (Wildman–Crippen LogP) is 3.94. The highest BCUT2D eigenvalue weighted by molar-refractivity contribution is 7.09. The molecular weight excluding hydrogens is 330 g/mol. The highest BCUT2D eigenvalue weighted by atomic mass is 32.1. The average Bonchev–Trinajstić information content (AvgIpc) is 3.05. The van der Waals surface area contributed by atoms with Gasteiger partial charge in [-0.25, -0.2) is 13.8 Å². The van der Waals surface area contributed by atoms with E-state index in [-0.39, 0.29) is 17.8 Å². The van der Waals surface area contributed by atoms with Crippen molar-refractivity contribution < 1.29 is 13.6 Å². The number of hydrogen-bond acceptors (Lipinski definition) is 3. The zero-order chi connectivity index (χ0) is 16.9. The number of halogens is 2. The van der Waals surface area contributed by atoms with Crippen molar-refractivity contribution in [2.24, 2.45) is 0 Å². The molecule has 0 aliphatic rings. The van der Waals surface area contributed by atoms with Crippen molar-refractivity contribution in [3.8, 4) is 0 Å². The van der Waals surface area contributed by atoms with E-state index in [1.807, 2.05) is 30.3 Å². The summed E-state index contributed by atoms with van der Waals surface area (Å²) in [7, 11) is 0. The normalized spacial score (nSPS) is 10.6. The molecule has 3 aromatic rings. The van der Waals surface area contributed by atoms with Crippen molar-refractivity contribution in [2.75, 3.05) is 0 Å². The standard InChI is InChI=1S/C18H14F2N2OS/c19-14-6-7-15(20)13(9-14)10-21-18(23)16-11-24-17(22-16)8-12-4-2-1-3-5-12/h1-7,9,11H,8,10H2,(H,21,23). The van der Waals surface area contributed by atoms with Crippen LogP contribution in [-0.2, 0) is 13.0 Å². The Bertz CT molecular complexity index is 849. The van der Waals surface area contributed by atoms with Gasteiger partial charge in [-0.1, -0.05) is 30.3 Å². The quantitative estimate of drug-likeness (QED) is 0.762. The number of benzene rings is 2. The molecule has 1 N–H and O–H groups in total. The number of aromatic nitrogens is 1. The van der Waals surface area contributed by atoms with Crippen LogP contribution in [0.2, 0.25) is 0 Å². The summed E-state index contributed by atoms with van der Waals surface area (Å²) in [5, 5.41) is 5.04. The van der Waals surface area contributed by atoms with E-state index in [0.29, 0.717) is 6.42 Å². The molecule has 0 aliphatic carbocycles. The predicted molar refractivity (Wildman–Crippen MR) is 88.9 cm³/mol. The van der Waals surface area contributed by atoms with Crippen LogP contribution in [0.15, 0.2) is 53.9 Å². The molecule has 0 aliphatic heterocycles. The molecule has 0 spiro atoms. The third-order valence-corrected chi connectivity index (χ3v) is 4.28. The van der Waals surface area contributed by atoms with Crippen LogP contribution in [-0.4, -0.2) is 10.9 Å². The van der Waals surface area contributed by atoms with Gasteiger partial charge in [-0.05, 0) is 23.8 Å². The van der Waals surface area contributed by atoms with Gasteiger partial charge < -0.3 is 5.32 Å². The lowest BCUT2D eigenvalue weighted by atomic mass is 10.2. The third kappa shape index (κ3) is 4.02. The Balaban J connectivity index is 1.62. The topological polar surface area (TPSA) is 42.0 Å². The van der Waals surface area contributed by atoms with Gasteiger partial charge in [0.2, 0.25) is 0 Å². The molecule has 1 heterocycles. The summed E-state index contributed by atoms with van der Waals surface area (Å²) in [6, 6.07) is 13.0. The maximum absolute atomic E-state index is 13.5. The number of nitrogens with zero attached hydrogens (tertiary/aromatic N) is 1. The maximum Gasteiger partial charge on any atom is 0.271 e. The van der Waals surface area contributed by atoms with E-state index in [2.05, 4.69) is 10.3 Å². The second kappa shape index (κ2) is 7.31. The SMILES string of the molecule is O=C(NCc1cc(F)ccc1F)c1csc(Cc2ccccc2)n1. The molecule has 0 saturated heterocycles. The van der Waals surface area contributed by atoms with Gasteiger partial charge in [0.25, 0.3) is 5.91 Å². The Hall–Kier alpha value is -2.60. The Labute approximate surface area is 142 Å². The molecular formula is C18H14F2N2OS. The molecule has 3 rings (SSSR count). The molecule has 0 fully saturated rings. The van der Waals surface area contributed by atoms with Crippen LogP contribution >= 0.6 is 11.3 Å². The molecule has 0 bridgehead atoms. The van der Waals surface area contributed by atoms with Crippen LogP contribution in [0.3, 0.4) is 0 Å². The number of amides is 1. The minimum absolute atomic E-state index is 0.0893. The number of carbonyl (C=O) groups excluding carboxylic acids is 1. The minimum atomic E-state index is -0.556. The van der Waals surface area contributed by atoms with Crippen molar-refractivity contribution in [2.45, 2.75) is 13.0 Å². The van der Waals surface area contributed by atoms with Gasteiger partial charge in [-0.15, -0.1) is 11.3 Å². The molecule has 122 valence electrons. The Morgan fingerprint density at radius 3 is 2.71 bits per heavy atom. The van der Waals surface area contributed by atoms with Crippen molar-refractivity contribution in [1.82, 2.24) is 10.3 Å². The first-order valence-corrected chi connectivity index (χ1v) is 8.20. The van der Waals surface area contributed by atoms with E-state index in [1.54, 1.807) is 5.38 Å². The zero-order valence-electron chi connectivity index (χ0n) is 12.6. The van der Waals surface area contributed by atoms with Gasteiger partial charge in [0.1, 0.15) is 17.3 Å². The van der Waals surface area contributed by atoms with Gasteiger partial charge in [-0.3, -0.25) is 4.79 Å². The number of nitrogens with one attached hydrogen (secondary N) is 1. The third-order valence-electron chi connectivity index (χ3n) is 3.43. The van der Waals surface area contributed by atoms with Crippen LogP contribution in [0, 0.1) is 11.6 Å². The van der Waals surface area contributed by atoms with Gasteiger partial charge in [0.15, 0.2) is 0 Å². The molecule has 0 unspecified atom stereocenters. The fraction of sp³-hybridized carbons (Fsp3) is 0.111. The van der Waals surface area contributed by atoms with Crippen molar-refractivity contribution in [3.05, 3.63) is 87.4 Å². The summed E-state index contributed by atoms with van der Waals surface area (Å²) in [5.74, 6) is -1.51. The molecule has 0 radical (unpaired) electrons. The number of hydrogen-bond donors (Lipinski definition) is 1. The summed E-state index contributed by atoms with van der Waals surface area (Å²) in [6.07, 6.45) is 0.650. The average molecular weight is 344 g/mol. The van der Waals surface area contributed by atoms with Crippen molar-refractivity contribution in [3.63, 3.8) is 0 Å². The smallest absolute Gasteiger partial charge is 0.271 e. The molecule has 0 saturated carbocycles. The van der Waals surface area contributed by atoms with E-state index in [0.717, 1.165) is 28.8 Å². The highest BCUT2D eigenvalue weighted by Gasteiger charge is 2.12. The molecule has 6 heteroatoms. The van der Waals surface area contributed by atoms with Crippen LogP contribution in [0.5, 0.6) is 0 Å². The summed E-state index contributed by atoms with van der Waals surface area (Å²) in [5.41, 5.74) is 1.49. The van der Waals surface area contributed by atoms with E-state index >= 15 is 0 Å². The minimum Gasteiger partial charge on any atom is -0.346 e. The highest BCUT2D eigenvalue weighted by Crippen LogP contribution is 2.15. The lowest BCUT2D eigenvalue weighted by Gasteiger charge is -2.05. The second-order valence-corrected chi connectivity index (χ2v) is 6.15. The molecule has 3 nitrogen and oxygen atoms in total. The first-order valence-electron chi connectivity index (χ1n) is 7.32. The second-order valence-electron chi connectivity index (χ2n) is 5.21. The Morgan fingerprint density at radius 2 is 1.92 bits per heavy atom. The number of carbonyl (C=O) groups is 1. The summed E-state index contributed by atoms with van der Waals surface area (Å²) >= 11 is 1.39. The van der Waals surface area contributed by atoms with Gasteiger partial charge in [0.05, 0.1) is 5.01 Å². The van der Waals surface area contributed by atoms with Gasteiger partial charge in [-0.2, -0.15) is 0 Å². The molecule has 2 aromatic carbocycles. The van der Waals surface area contributed by atoms with Gasteiger partial charge in [0, 0.05) is 23.9 Å². The zero-order valence-corrected chi connectivity index (χ0v) is 13.4. The van der Waals surface area contributed by atoms with Crippen molar-refractivity contribution in [1.29, 1.82) is 0 Å². The number of rotatable bonds is 5. The first-order chi connectivity index (χ1) is 11.6. The monoisotopic (exact) mass is 344 g/mol. The molecule has 24 heavy (non-hydrogen) atoms. The lowest BCUT2D eigenvalue weighted by molar-refractivity contribution is 0.0946. The largest absolute Gasteiger partial charge is 0.346 e. The van der Waals surface area contributed by atoms with Gasteiger partial charge >= 0.3 is 0 Å². The van der Waals surface area contributed by atoms with Crippen LogP contribution in [0.25, 0.3) is 0 Å². The first kappa shape index (κ1) is 16.3. The van der Waals surface area contributed by atoms with Crippen LogP contribution in [0.1, 0.15) is 26.6 Å².